The largest absolute Gasteiger partial charge is 0.389 e. The Morgan fingerprint density at radius 1 is 1.43 bits per heavy atom. The second-order valence-corrected chi connectivity index (χ2v) is 5.92. The van der Waals surface area contributed by atoms with Crippen LogP contribution in [0.2, 0.25) is 0 Å². The highest BCUT2D eigenvalue weighted by molar-refractivity contribution is 7.80. The Kier molecular flexibility index (Phi) is 4.77. The van der Waals surface area contributed by atoms with E-state index in [2.05, 4.69) is 15.2 Å². The lowest BCUT2D eigenvalue weighted by molar-refractivity contribution is -0.125. The summed E-state index contributed by atoms with van der Waals surface area (Å²) in [7, 11) is 1.69. The third-order valence-electron chi connectivity index (χ3n) is 4.01. The van der Waals surface area contributed by atoms with Gasteiger partial charge in [-0.15, -0.1) is 0 Å². The zero-order chi connectivity index (χ0) is 15.6. The number of hydrogen-bond acceptors (Lipinski definition) is 4. The highest BCUT2D eigenvalue weighted by atomic mass is 32.1. The summed E-state index contributed by atoms with van der Waals surface area (Å²) in [5.41, 5.74) is 9.59. The normalized spacial score (nSPS) is 15.9. The Balaban J connectivity index is 2.24. The van der Waals surface area contributed by atoms with E-state index in [9.17, 15) is 4.79 Å². The molecule has 0 aliphatic carbocycles. The summed E-state index contributed by atoms with van der Waals surface area (Å²) < 4.78 is 0. The second-order valence-electron chi connectivity index (χ2n) is 5.48. The van der Waals surface area contributed by atoms with Gasteiger partial charge in [0.2, 0.25) is 5.91 Å². The molecule has 1 aromatic rings. The molecule has 21 heavy (non-hydrogen) atoms. The maximum absolute atomic E-state index is 11.7. The number of nitrogens with zero attached hydrogens (tertiary/aromatic N) is 2. The molecule has 0 saturated carbocycles. The molecule has 2 rings (SSSR count). The third kappa shape index (κ3) is 3.32. The van der Waals surface area contributed by atoms with Gasteiger partial charge in [0.15, 0.2) is 0 Å². The van der Waals surface area contributed by atoms with E-state index in [0.29, 0.717) is 4.99 Å². The smallest absolute Gasteiger partial charge is 0.222 e. The number of pyridine rings is 1. The minimum absolute atomic E-state index is 0.101. The van der Waals surface area contributed by atoms with Gasteiger partial charge in [0.05, 0.1) is 11.3 Å². The minimum atomic E-state index is 0.101. The van der Waals surface area contributed by atoms with Crippen LogP contribution in [-0.4, -0.2) is 36.0 Å². The van der Waals surface area contributed by atoms with Crippen LogP contribution in [0.15, 0.2) is 6.07 Å². The molecule has 114 valence electrons. The number of aromatic nitrogens is 1. The summed E-state index contributed by atoms with van der Waals surface area (Å²) in [5, 5.41) is 2.73. The van der Waals surface area contributed by atoms with E-state index < -0.39 is 0 Å². The quantitative estimate of drug-likeness (QED) is 0.824. The maximum atomic E-state index is 11.7. The van der Waals surface area contributed by atoms with Gasteiger partial charge in [0.1, 0.15) is 4.99 Å². The van der Waals surface area contributed by atoms with Gasteiger partial charge in [0, 0.05) is 37.4 Å². The van der Waals surface area contributed by atoms with Crippen molar-refractivity contribution in [2.45, 2.75) is 26.7 Å². The van der Waals surface area contributed by atoms with Gasteiger partial charge in [-0.05, 0) is 32.8 Å². The highest BCUT2D eigenvalue weighted by Gasteiger charge is 2.26. The number of amides is 1. The first-order valence-electron chi connectivity index (χ1n) is 7.18. The fraction of sp³-hybridized carbons (Fsp3) is 0.533. The number of thiocarbonyl (C=S) groups is 1. The summed E-state index contributed by atoms with van der Waals surface area (Å²) in [6.07, 6.45) is 1.69. The number of anilines is 1. The lowest BCUT2D eigenvalue weighted by atomic mass is 9.95. The Hall–Kier alpha value is -1.69. The molecule has 5 nitrogen and oxygen atoms in total. The van der Waals surface area contributed by atoms with Crippen LogP contribution in [0.5, 0.6) is 0 Å². The molecule has 0 bridgehead atoms. The molecule has 2 heterocycles. The fourth-order valence-electron chi connectivity index (χ4n) is 2.95. The predicted octanol–water partition coefficient (Wildman–Crippen LogP) is 1.30. The predicted molar refractivity (Wildman–Crippen MR) is 88.6 cm³/mol. The Morgan fingerprint density at radius 2 is 2.05 bits per heavy atom. The van der Waals surface area contributed by atoms with Crippen molar-refractivity contribution in [3.63, 3.8) is 0 Å². The first-order chi connectivity index (χ1) is 9.93. The molecule has 0 atom stereocenters. The lowest BCUT2D eigenvalue weighted by Gasteiger charge is -2.34. The molecule has 3 N–H and O–H groups in total. The lowest BCUT2D eigenvalue weighted by Crippen LogP contribution is -2.40. The van der Waals surface area contributed by atoms with Crippen LogP contribution in [0.25, 0.3) is 0 Å². The monoisotopic (exact) mass is 306 g/mol. The molecule has 0 aromatic carbocycles. The molecular formula is C15H22N4OS. The average molecular weight is 306 g/mol. The number of carbonyl (C=O) groups excluding carboxylic acids is 1. The van der Waals surface area contributed by atoms with Crippen LogP contribution in [0.3, 0.4) is 0 Å². The number of piperidine rings is 1. The van der Waals surface area contributed by atoms with E-state index in [-0.39, 0.29) is 11.8 Å². The molecule has 0 spiro atoms. The topological polar surface area (TPSA) is 71.2 Å². The molecule has 0 unspecified atom stereocenters. The number of nitrogens with two attached hydrogens (primary N) is 1. The van der Waals surface area contributed by atoms with Crippen LogP contribution < -0.4 is 16.0 Å². The summed E-state index contributed by atoms with van der Waals surface area (Å²) in [6, 6.07) is 2.03. The van der Waals surface area contributed by atoms with Gasteiger partial charge >= 0.3 is 0 Å². The van der Waals surface area contributed by atoms with Gasteiger partial charge < -0.3 is 16.0 Å². The fourth-order valence-corrected chi connectivity index (χ4v) is 3.20. The summed E-state index contributed by atoms with van der Waals surface area (Å²) in [5.74, 6) is 0.231. The standard InChI is InChI=1S/C15H22N4OS/c1-9-8-12(13(14(16)21)10(2)18-9)19-6-4-11(5-7-19)15(20)17-3/h8,11H,4-7H2,1-3H3,(H2,16,21)(H,17,20). The Labute approximate surface area is 130 Å². The molecule has 1 aromatic heterocycles. The maximum Gasteiger partial charge on any atom is 0.222 e. The number of aryl methyl sites for hydroxylation is 2. The Bertz CT molecular complexity index is 565. The molecule has 1 amide bonds. The zero-order valence-electron chi connectivity index (χ0n) is 12.8. The van der Waals surface area contributed by atoms with Crippen LogP contribution >= 0.6 is 12.2 Å². The minimum Gasteiger partial charge on any atom is -0.389 e. The third-order valence-corrected chi connectivity index (χ3v) is 4.21. The van der Waals surface area contributed by atoms with Crippen LogP contribution in [0.4, 0.5) is 5.69 Å². The van der Waals surface area contributed by atoms with Crippen molar-refractivity contribution >= 4 is 28.8 Å². The molecule has 0 radical (unpaired) electrons. The van der Waals surface area contributed by atoms with Crippen molar-refractivity contribution in [1.82, 2.24) is 10.3 Å². The molecule has 1 aliphatic heterocycles. The molecule has 1 saturated heterocycles. The van der Waals surface area contributed by atoms with Crippen molar-refractivity contribution in [2.24, 2.45) is 11.7 Å². The summed E-state index contributed by atoms with van der Waals surface area (Å²) in [6.45, 7) is 5.56. The highest BCUT2D eigenvalue weighted by Crippen LogP contribution is 2.28. The first-order valence-corrected chi connectivity index (χ1v) is 7.59. The zero-order valence-corrected chi connectivity index (χ0v) is 13.6. The molecule has 1 fully saturated rings. The molecule has 1 aliphatic rings. The summed E-state index contributed by atoms with van der Waals surface area (Å²) >= 11 is 5.18. The summed E-state index contributed by atoms with van der Waals surface area (Å²) in [4.78, 5) is 18.8. The van der Waals surface area contributed by atoms with E-state index >= 15 is 0 Å². The van der Waals surface area contributed by atoms with E-state index in [4.69, 9.17) is 18.0 Å². The van der Waals surface area contributed by atoms with Crippen molar-refractivity contribution in [3.8, 4) is 0 Å². The first kappa shape index (κ1) is 15.7. The number of nitrogens with one attached hydrogen (secondary N) is 1. The van der Waals surface area contributed by atoms with Crippen molar-refractivity contribution in [3.05, 3.63) is 23.0 Å². The van der Waals surface area contributed by atoms with Gasteiger partial charge in [-0.1, -0.05) is 12.2 Å². The Morgan fingerprint density at radius 3 is 2.57 bits per heavy atom. The van der Waals surface area contributed by atoms with Crippen molar-refractivity contribution in [1.29, 1.82) is 0 Å². The van der Waals surface area contributed by atoms with Crippen LogP contribution in [-0.2, 0) is 4.79 Å². The van der Waals surface area contributed by atoms with Gasteiger partial charge in [-0.2, -0.15) is 0 Å². The van der Waals surface area contributed by atoms with E-state index in [1.807, 2.05) is 19.9 Å². The average Bonchev–Trinajstić information content (AvgIpc) is 2.45. The number of rotatable bonds is 3. The number of carbonyl (C=O) groups is 1. The number of hydrogen-bond donors (Lipinski definition) is 2. The van der Waals surface area contributed by atoms with E-state index in [1.54, 1.807) is 7.05 Å². The molecule has 6 heteroatoms. The molecular weight excluding hydrogens is 284 g/mol. The van der Waals surface area contributed by atoms with Crippen molar-refractivity contribution in [2.75, 3.05) is 25.0 Å². The van der Waals surface area contributed by atoms with Gasteiger partial charge in [0.25, 0.3) is 0 Å². The van der Waals surface area contributed by atoms with E-state index in [0.717, 1.165) is 48.6 Å². The second kappa shape index (κ2) is 6.39. The van der Waals surface area contributed by atoms with Crippen LogP contribution in [0.1, 0.15) is 29.8 Å². The van der Waals surface area contributed by atoms with Gasteiger partial charge in [-0.25, -0.2) is 0 Å². The van der Waals surface area contributed by atoms with Crippen LogP contribution in [0, 0.1) is 19.8 Å². The van der Waals surface area contributed by atoms with Gasteiger partial charge in [-0.3, -0.25) is 9.78 Å². The van der Waals surface area contributed by atoms with E-state index in [1.165, 1.54) is 0 Å². The van der Waals surface area contributed by atoms with Crippen molar-refractivity contribution < 1.29 is 4.79 Å². The SMILES string of the molecule is CNC(=O)C1CCN(c2cc(C)nc(C)c2C(N)=S)CC1.